The standard InChI is InChI=1S/C19H19NO3/c1-19(18(21)22)12-11-17(20-19)15-7-9-16(10-8-15)23-13-14-5-3-2-4-6-14/h2-10H,11-13H2,1H3,(H,21,22). The van der Waals surface area contributed by atoms with Crippen molar-refractivity contribution in [2.24, 2.45) is 4.99 Å². The quantitative estimate of drug-likeness (QED) is 0.916. The zero-order valence-electron chi connectivity index (χ0n) is 13.0. The molecule has 0 saturated heterocycles. The van der Waals surface area contributed by atoms with Gasteiger partial charge < -0.3 is 9.84 Å². The molecule has 0 saturated carbocycles. The smallest absolute Gasteiger partial charge is 0.331 e. The lowest BCUT2D eigenvalue weighted by atomic mass is 9.99. The molecule has 2 aromatic carbocycles. The Bertz CT molecular complexity index is 722. The normalized spacial score (nSPS) is 20.1. The zero-order valence-corrected chi connectivity index (χ0v) is 13.0. The maximum atomic E-state index is 11.2. The van der Waals surface area contributed by atoms with Crippen LogP contribution < -0.4 is 4.74 Å². The van der Waals surface area contributed by atoms with Crippen molar-refractivity contribution in [2.45, 2.75) is 31.9 Å². The molecule has 1 aliphatic heterocycles. The van der Waals surface area contributed by atoms with Gasteiger partial charge in [0, 0.05) is 5.71 Å². The molecular weight excluding hydrogens is 290 g/mol. The van der Waals surface area contributed by atoms with Crippen molar-refractivity contribution in [3.05, 3.63) is 65.7 Å². The molecule has 0 radical (unpaired) electrons. The Balaban J connectivity index is 1.67. The largest absolute Gasteiger partial charge is 0.489 e. The minimum Gasteiger partial charge on any atom is -0.489 e. The van der Waals surface area contributed by atoms with Crippen LogP contribution in [0.1, 0.15) is 30.9 Å². The third-order valence-electron chi connectivity index (χ3n) is 4.13. The van der Waals surface area contributed by atoms with Gasteiger partial charge in [-0.25, -0.2) is 4.79 Å². The second-order valence-corrected chi connectivity index (χ2v) is 5.94. The molecule has 118 valence electrons. The Morgan fingerprint density at radius 1 is 1.17 bits per heavy atom. The second-order valence-electron chi connectivity index (χ2n) is 5.94. The molecule has 1 aliphatic rings. The van der Waals surface area contributed by atoms with Crippen molar-refractivity contribution >= 4 is 11.7 Å². The highest BCUT2D eigenvalue weighted by Gasteiger charge is 2.37. The van der Waals surface area contributed by atoms with Gasteiger partial charge in [-0.15, -0.1) is 0 Å². The molecule has 3 rings (SSSR count). The topological polar surface area (TPSA) is 58.9 Å². The van der Waals surface area contributed by atoms with Gasteiger partial charge in [0.2, 0.25) is 0 Å². The first-order valence-electron chi connectivity index (χ1n) is 7.66. The van der Waals surface area contributed by atoms with Crippen molar-refractivity contribution < 1.29 is 14.6 Å². The molecule has 0 spiro atoms. The van der Waals surface area contributed by atoms with E-state index in [4.69, 9.17) is 4.74 Å². The van der Waals surface area contributed by atoms with Gasteiger partial charge in [-0.2, -0.15) is 0 Å². The number of nitrogens with zero attached hydrogens (tertiary/aromatic N) is 1. The molecule has 0 amide bonds. The molecule has 0 bridgehead atoms. The number of carboxylic acid groups (broad SMARTS) is 1. The number of benzene rings is 2. The van der Waals surface area contributed by atoms with Crippen molar-refractivity contribution in [3.8, 4) is 5.75 Å². The Kier molecular flexibility index (Phi) is 4.15. The van der Waals surface area contributed by atoms with E-state index in [9.17, 15) is 9.90 Å². The lowest BCUT2D eigenvalue weighted by Gasteiger charge is -2.12. The Labute approximate surface area is 135 Å². The number of carbonyl (C=O) groups is 1. The molecule has 4 heteroatoms. The van der Waals surface area contributed by atoms with Crippen LogP contribution in [0.15, 0.2) is 59.6 Å². The van der Waals surface area contributed by atoms with Crippen molar-refractivity contribution in [2.75, 3.05) is 0 Å². The minimum absolute atomic E-state index is 0.526. The van der Waals surface area contributed by atoms with Crippen LogP contribution in [-0.4, -0.2) is 22.3 Å². The monoisotopic (exact) mass is 309 g/mol. The number of hydrogen-bond acceptors (Lipinski definition) is 3. The van der Waals surface area contributed by atoms with Crippen molar-refractivity contribution in [1.82, 2.24) is 0 Å². The van der Waals surface area contributed by atoms with E-state index in [-0.39, 0.29) is 0 Å². The maximum absolute atomic E-state index is 11.2. The predicted molar refractivity (Wildman–Crippen MR) is 89.0 cm³/mol. The van der Waals surface area contributed by atoms with Gasteiger partial charge in [-0.05, 0) is 55.2 Å². The summed E-state index contributed by atoms with van der Waals surface area (Å²) in [7, 11) is 0. The molecule has 0 fully saturated rings. The fourth-order valence-corrected chi connectivity index (χ4v) is 2.62. The van der Waals surface area contributed by atoms with Crippen molar-refractivity contribution in [3.63, 3.8) is 0 Å². The third-order valence-corrected chi connectivity index (χ3v) is 4.13. The molecule has 23 heavy (non-hydrogen) atoms. The zero-order chi connectivity index (χ0) is 16.3. The number of hydrogen-bond donors (Lipinski definition) is 1. The summed E-state index contributed by atoms with van der Waals surface area (Å²) >= 11 is 0. The second kappa shape index (κ2) is 6.24. The van der Waals surface area contributed by atoms with Crippen LogP contribution in [-0.2, 0) is 11.4 Å². The van der Waals surface area contributed by atoms with Gasteiger partial charge in [-0.1, -0.05) is 30.3 Å². The average molecular weight is 309 g/mol. The van der Waals surface area contributed by atoms with Crippen LogP contribution in [0.2, 0.25) is 0 Å². The molecule has 1 unspecified atom stereocenters. The molecular formula is C19H19NO3. The summed E-state index contributed by atoms with van der Waals surface area (Å²) in [5.74, 6) is -0.0764. The van der Waals surface area contributed by atoms with Crippen LogP contribution in [0.4, 0.5) is 0 Å². The minimum atomic E-state index is -0.988. The first kappa shape index (κ1) is 15.3. The molecule has 0 aliphatic carbocycles. The third kappa shape index (κ3) is 3.42. The maximum Gasteiger partial charge on any atom is 0.331 e. The predicted octanol–water partition coefficient (Wildman–Crippen LogP) is 3.69. The highest BCUT2D eigenvalue weighted by atomic mass is 16.5. The molecule has 1 atom stereocenters. The molecule has 0 aromatic heterocycles. The first-order chi connectivity index (χ1) is 11.1. The summed E-state index contributed by atoms with van der Waals surface area (Å²) in [4.78, 5) is 15.6. The van der Waals surface area contributed by atoms with E-state index < -0.39 is 11.5 Å². The Morgan fingerprint density at radius 2 is 1.87 bits per heavy atom. The number of rotatable bonds is 5. The number of carboxylic acids is 1. The Hall–Kier alpha value is -2.62. The van der Waals surface area contributed by atoms with E-state index in [0.717, 1.165) is 22.6 Å². The van der Waals surface area contributed by atoms with Gasteiger partial charge in [0.05, 0.1) is 0 Å². The summed E-state index contributed by atoms with van der Waals surface area (Å²) in [6.45, 7) is 2.19. The number of aliphatic carboxylic acids is 1. The Morgan fingerprint density at radius 3 is 2.48 bits per heavy atom. The molecule has 2 aromatic rings. The first-order valence-corrected chi connectivity index (χ1v) is 7.66. The summed E-state index contributed by atoms with van der Waals surface area (Å²) < 4.78 is 5.75. The average Bonchev–Trinajstić information content (AvgIpc) is 2.98. The molecule has 1 N–H and O–H groups in total. The van der Waals surface area contributed by atoms with E-state index in [1.807, 2.05) is 54.6 Å². The van der Waals surface area contributed by atoms with Crippen molar-refractivity contribution in [1.29, 1.82) is 0 Å². The van der Waals surface area contributed by atoms with Gasteiger partial charge in [0.15, 0.2) is 5.54 Å². The summed E-state index contributed by atoms with van der Waals surface area (Å²) in [5, 5.41) is 9.23. The van der Waals surface area contributed by atoms with Gasteiger partial charge in [0.25, 0.3) is 0 Å². The molecule has 4 nitrogen and oxygen atoms in total. The number of ether oxygens (including phenoxy) is 1. The SMILES string of the molecule is CC1(C(=O)O)CCC(c2ccc(OCc3ccccc3)cc2)=N1. The van der Waals surface area contributed by atoms with E-state index in [1.54, 1.807) is 6.92 Å². The molecule has 1 heterocycles. The lowest BCUT2D eigenvalue weighted by molar-refractivity contribution is -0.142. The fraction of sp³-hybridized carbons (Fsp3) is 0.263. The van der Waals surface area contributed by atoms with E-state index in [2.05, 4.69) is 4.99 Å². The van der Waals surface area contributed by atoms with Crippen LogP contribution in [0.25, 0.3) is 0 Å². The highest BCUT2D eigenvalue weighted by Crippen LogP contribution is 2.29. The van der Waals surface area contributed by atoms with Crippen LogP contribution in [0.3, 0.4) is 0 Å². The van der Waals surface area contributed by atoms with Gasteiger partial charge in [-0.3, -0.25) is 4.99 Å². The van der Waals surface area contributed by atoms with Gasteiger partial charge >= 0.3 is 5.97 Å². The highest BCUT2D eigenvalue weighted by molar-refractivity contribution is 6.04. The summed E-state index contributed by atoms with van der Waals surface area (Å²) in [6, 6.07) is 17.7. The summed E-state index contributed by atoms with van der Waals surface area (Å²) in [6.07, 6.45) is 1.23. The van der Waals surface area contributed by atoms with E-state index >= 15 is 0 Å². The number of aliphatic imine (C=N–C) groups is 1. The van der Waals surface area contributed by atoms with Gasteiger partial charge in [0.1, 0.15) is 12.4 Å². The van der Waals surface area contributed by atoms with Crippen LogP contribution in [0, 0.1) is 0 Å². The summed E-state index contributed by atoms with van der Waals surface area (Å²) in [5.41, 5.74) is 1.94. The fourth-order valence-electron chi connectivity index (χ4n) is 2.62. The van der Waals surface area contributed by atoms with E-state index in [0.29, 0.717) is 19.4 Å². The van der Waals surface area contributed by atoms with Crippen LogP contribution in [0.5, 0.6) is 5.75 Å². The van der Waals surface area contributed by atoms with Crippen LogP contribution >= 0.6 is 0 Å². The van der Waals surface area contributed by atoms with E-state index in [1.165, 1.54) is 0 Å². The lowest BCUT2D eigenvalue weighted by Crippen LogP contribution is -2.30.